The van der Waals surface area contributed by atoms with E-state index in [1.54, 1.807) is 4.31 Å². The second-order valence-corrected chi connectivity index (χ2v) is 9.96. The number of fused-ring (bicyclic) bond motifs is 2. The van der Waals surface area contributed by atoms with Crippen molar-refractivity contribution in [1.82, 2.24) is 9.62 Å². The van der Waals surface area contributed by atoms with E-state index in [1.807, 2.05) is 0 Å². The van der Waals surface area contributed by atoms with Crippen molar-refractivity contribution in [2.45, 2.75) is 57.2 Å². The third-order valence-corrected chi connectivity index (χ3v) is 7.87. The van der Waals surface area contributed by atoms with Crippen LogP contribution < -0.4 is 11.1 Å². The summed E-state index contributed by atoms with van der Waals surface area (Å²) in [6.07, 6.45) is 2.60. The first-order valence-electron chi connectivity index (χ1n) is 9.73. The molecule has 2 fully saturated rings. The summed E-state index contributed by atoms with van der Waals surface area (Å²) in [4.78, 5) is 11.0. The van der Waals surface area contributed by atoms with Gasteiger partial charge in [-0.15, -0.1) is 0 Å². The lowest BCUT2D eigenvalue weighted by molar-refractivity contribution is -0.118. The van der Waals surface area contributed by atoms with E-state index >= 15 is 0 Å². The molecular weight excluding hydrogens is 407 g/mol. The molecular formula is C19H26F3N3O3S. The second-order valence-electron chi connectivity index (χ2n) is 7.97. The van der Waals surface area contributed by atoms with Gasteiger partial charge in [0, 0.05) is 37.7 Å². The van der Waals surface area contributed by atoms with E-state index < -0.39 is 33.5 Å². The summed E-state index contributed by atoms with van der Waals surface area (Å²) >= 11 is 0. The van der Waals surface area contributed by atoms with Crippen LogP contribution in [0.2, 0.25) is 0 Å². The molecule has 2 saturated heterocycles. The van der Waals surface area contributed by atoms with E-state index in [9.17, 15) is 26.4 Å². The maximum atomic E-state index is 13.9. The van der Waals surface area contributed by atoms with Gasteiger partial charge in [-0.25, -0.2) is 21.6 Å². The van der Waals surface area contributed by atoms with Crippen molar-refractivity contribution in [3.05, 3.63) is 35.1 Å². The molecule has 0 radical (unpaired) electrons. The van der Waals surface area contributed by atoms with Gasteiger partial charge >= 0.3 is 0 Å². The van der Waals surface area contributed by atoms with Crippen molar-refractivity contribution in [1.29, 1.82) is 0 Å². The largest absolute Gasteiger partial charge is 0.355 e. The lowest BCUT2D eigenvalue weighted by Crippen LogP contribution is -2.51. The Kier molecular flexibility index (Phi) is 6.54. The van der Waals surface area contributed by atoms with Gasteiger partial charge in [-0.1, -0.05) is 0 Å². The first kappa shape index (κ1) is 22.0. The summed E-state index contributed by atoms with van der Waals surface area (Å²) in [6, 6.07) is 0.511. The Hall–Kier alpha value is -1.65. The van der Waals surface area contributed by atoms with E-state index in [4.69, 9.17) is 5.73 Å². The van der Waals surface area contributed by atoms with Crippen LogP contribution in [-0.2, 0) is 21.2 Å². The van der Waals surface area contributed by atoms with Crippen LogP contribution >= 0.6 is 0 Å². The summed E-state index contributed by atoms with van der Waals surface area (Å²) in [5.41, 5.74) is 6.28. The number of hydrogen-bond acceptors (Lipinski definition) is 4. The van der Waals surface area contributed by atoms with Crippen LogP contribution in [0.3, 0.4) is 0 Å². The first-order valence-corrected chi connectivity index (χ1v) is 11.3. The molecule has 10 heteroatoms. The Labute approximate surface area is 168 Å². The molecule has 0 aliphatic carbocycles. The minimum Gasteiger partial charge on any atom is -0.355 e. The predicted molar refractivity (Wildman–Crippen MR) is 102 cm³/mol. The quantitative estimate of drug-likeness (QED) is 0.640. The summed E-state index contributed by atoms with van der Waals surface area (Å²) in [5.74, 6) is -3.67. The van der Waals surface area contributed by atoms with Gasteiger partial charge in [0.2, 0.25) is 15.9 Å². The Balaban J connectivity index is 1.65. The molecule has 0 saturated carbocycles. The highest BCUT2D eigenvalue weighted by Crippen LogP contribution is 2.41. The fourth-order valence-electron chi connectivity index (χ4n) is 4.58. The number of carbonyl (C=O) groups excluding carboxylic acids is 1. The number of hydrogen-bond donors (Lipinski definition) is 2. The van der Waals surface area contributed by atoms with Crippen molar-refractivity contribution in [2.24, 2.45) is 11.7 Å². The zero-order valence-electron chi connectivity index (χ0n) is 16.2. The predicted octanol–water partition coefficient (Wildman–Crippen LogP) is 1.68. The summed E-state index contributed by atoms with van der Waals surface area (Å²) in [6.45, 7) is 1.39. The van der Waals surface area contributed by atoms with Gasteiger partial charge in [-0.05, 0) is 49.7 Å². The van der Waals surface area contributed by atoms with Crippen LogP contribution in [-0.4, -0.2) is 49.1 Å². The molecule has 6 nitrogen and oxygen atoms in total. The molecule has 2 bridgehead atoms. The van der Waals surface area contributed by atoms with Gasteiger partial charge in [0.25, 0.3) is 0 Å². The third kappa shape index (κ3) is 4.92. The number of amides is 1. The number of sulfonamides is 1. The van der Waals surface area contributed by atoms with Crippen LogP contribution in [0, 0.1) is 23.4 Å². The first-order chi connectivity index (χ1) is 13.6. The fourth-order valence-corrected chi connectivity index (χ4v) is 6.44. The molecule has 162 valence electrons. The average Bonchev–Trinajstić information content (AvgIpc) is 2.90. The zero-order chi connectivity index (χ0) is 21.3. The number of nitrogens with one attached hydrogen (secondary N) is 1. The summed E-state index contributed by atoms with van der Waals surface area (Å²) in [5, 5.41) is 2.50. The summed E-state index contributed by atoms with van der Waals surface area (Å²) in [7, 11) is -3.51. The van der Waals surface area contributed by atoms with Gasteiger partial charge in [0.05, 0.1) is 5.75 Å². The van der Waals surface area contributed by atoms with Crippen molar-refractivity contribution >= 4 is 15.9 Å². The number of piperidine rings is 1. The Morgan fingerprint density at radius 1 is 1.17 bits per heavy atom. The molecule has 3 rings (SSSR count). The van der Waals surface area contributed by atoms with Gasteiger partial charge < -0.3 is 11.1 Å². The minimum atomic E-state index is -3.51. The lowest BCUT2D eigenvalue weighted by atomic mass is 9.83. The molecule has 0 aromatic heterocycles. The highest BCUT2D eigenvalue weighted by molar-refractivity contribution is 7.89. The molecule has 29 heavy (non-hydrogen) atoms. The molecule has 3 atom stereocenters. The Morgan fingerprint density at radius 3 is 2.34 bits per heavy atom. The summed E-state index contributed by atoms with van der Waals surface area (Å²) < 4.78 is 67.5. The van der Waals surface area contributed by atoms with Gasteiger partial charge in [-0.3, -0.25) is 4.79 Å². The van der Waals surface area contributed by atoms with E-state index in [0.717, 1.165) is 18.9 Å². The molecule has 0 spiro atoms. The average molecular weight is 433 g/mol. The number of benzene rings is 1. The van der Waals surface area contributed by atoms with Crippen molar-refractivity contribution in [3.8, 4) is 0 Å². The maximum absolute atomic E-state index is 13.9. The fraction of sp³-hybridized carbons (Fsp3) is 0.632. The molecule has 1 amide bonds. The number of nitrogens with zero attached hydrogens (tertiary/aromatic N) is 1. The smallest absolute Gasteiger partial charge is 0.216 e. The van der Waals surface area contributed by atoms with Crippen molar-refractivity contribution < 1.29 is 26.4 Å². The number of rotatable bonds is 7. The number of nitrogens with two attached hydrogens (primary N) is 1. The monoisotopic (exact) mass is 433 g/mol. The van der Waals surface area contributed by atoms with Crippen LogP contribution in [0.5, 0.6) is 0 Å². The molecule has 2 aliphatic heterocycles. The molecule has 3 N–H and O–H groups in total. The van der Waals surface area contributed by atoms with E-state index in [0.29, 0.717) is 18.9 Å². The zero-order valence-corrected chi connectivity index (χ0v) is 17.0. The van der Waals surface area contributed by atoms with E-state index in [2.05, 4.69) is 5.32 Å². The lowest BCUT2D eigenvalue weighted by Gasteiger charge is -2.40. The van der Waals surface area contributed by atoms with E-state index in [-0.39, 0.29) is 48.2 Å². The molecule has 2 heterocycles. The number of halogens is 3. The maximum Gasteiger partial charge on any atom is 0.216 e. The van der Waals surface area contributed by atoms with Crippen LogP contribution in [0.25, 0.3) is 0 Å². The Morgan fingerprint density at radius 2 is 1.76 bits per heavy atom. The molecule has 2 unspecified atom stereocenters. The molecule has 1 aromatic rings. The highest BCUT2D eigenvalue weighted by Gasteiger charge is 2.47. The topological polar surface area (TPSA) is 92.5 Å². The van der Waals surface area contributed by atoms with Crippen LogP contribution in [0.4, 0.5) is 13.2 Å². The minimum absolute atomic E-state index is 0.0223. The molecule has 1 aromatic carbocycles. The van der Waals surface area contributed by atoms with Gasteiger partial charge in [0.1, 0.15) is 5.82 Å². The Bertz CT molecular complexity index is 867. The SMILES string of the molecule is CC(=O)NCCS(=O)(=O)N1C2CCC1CC([C@H](N)Cc1cc(F)c(F)cc1F)C2. The normalized spacial score (nSPS) is 25.8. The third-order valence-electron chi connectivity index (χ3n) is 5.91. The van der Waals surface area contributed by atoms with Crippen LogP contribution in [0.1, 0.15) is 38.2 Å². The van der Waals surface area contributed by atoms with Gasteiger partial charge in [0.15, 0.2) is 11.6 Å². The van der Waals surface area contributed by atoms with E-state index in [1.165, 1.54) is 6.92 Å². The standard InChI is InChI=1S/C19H26F3N3O3S/c1-11(26)24-4-5-29(27,28)25-14-2-3-15(25)7-13(6-14)19(23)9-12-8-17(21)18(22)10-16(12)20/h8,10,13-15,19H,2-7,9,23H2,1H3,(H,24,26)/t13?,14?,15?,19-/m1/s1. The van der Waals surface area contributed by atoms with Crippen LogP contribution in [0.15, 0.2) is 12.1 Å². The van der Waals surface area contributed by atoms with Crippen molar-refractivity contribution in [3.63, 3.8) is 0 Å². The second kappa shape index (κ2) is 8.61. The highest BCUT2D eigenvalue weighted by atomic mass is 32.2. The van der Waals surface area contributed by atoms with Gasteiger partial charge in [-0.2, -0.15) is 4.31 Å². The number of carbonyl (C=O) groups is 1. The van der Waals surface area contributed by atoms with Crippen molar-refractivity contribution in [2.75, 3.05) is 12.3 Å². The molecule has 2 aliphatic rings.